The van der Waals surface area contributed by atoms with E-state index >= 15 is 0 Å². The fourth-order valence-electron chi connectivity index (χ4n) is 2.83. The van der Waals surface area contributed by atoms with Gasteiger partial charge >= 0.3 is 0 Å². The third kappa shape index (κ3) is 4.48. The minimum absolute atomic E-state index is 0.0268. The quantitative estimate of drug-likeness (QED) is 0.810. The Morgan fingerprint density at radius 2 is 1.64 bits per heavy atom. The molecule has 0 atom stereocenters. The zero-order chi connectivity index (χ0) is 16.2. The summed E-state index contributed by atoms with van der Waals surface area (Å²) in [5.41, 5.74) is 0.610. The van der Waals surface area contributed by atoms with Crippen molar-refractivity contribution in [3.8, 4) is 0 Å². The van der Waals surface area contributed by atoms with Crippen molar-refractivity contribution in [1.29, 1.82) is 0 Å². The average Bonchev–Trinajstić information content (AvgIpc) is 2.46. The molecule has 1 aliphatic heterocycles. The number of rotatable bonds is 5. The number of para-hydroxylation sites is 1. The summed E-state index contributed by atoms with van der Waals surface area (Å²) in [6, 6.07) is 10.1. The van der Waals surface area contributed by atoms with Gasteiger partial charge in [0.15, 0.2) is 0 Å². The van der Waals surface area contributed by atoms with E-state index in [0.717, 1.165) is 13.1 Å². The summed E-state index contributed by atoms with van der Waals surface area (Å²) in [4.78, 5) is 27.2. The van der Waals surface area contributed by atoms with Crippen molar-refractivity contribution in [3.63, 3.8) is 0 Å². The number of hydrogen-bond donors (Lipinski definition) is 0. The van der Waals surface area contributed by atoms with Crippen molar-refractivity contribution in [1.82, 2.24) is 4.90 Å². The van der Waals surface area contributed by atoms with Crippen LogP contribution in [0.4, 0.5) is 5.69 Å². The van der Waals surface area contributed by atoms with Gasteiger partial charge in [0.05, 0.1) is 0 Å². The maximum absolute atomic E-state index is 12.3. The Kier molecular flexibility index (Phi) is 5.06. The van der Waals surface area contributed by atoms with Crippen molar-refractivity contribution in [2.24, 2.45) is 5.41 Å². The molecule has 5 nitrogen and oxygen atoms in total. The molecule has 0 unspecified atom stereocenters. The lowest BCUT2D eigenvalue weighted by Crippen LogP contribution is -2.49. The van der Waals surface area contributed by atoms with Gasteiger partial charge in [-0.2, -0.15) is 0 Å². The van der Waals surface area contributed by atoms with Crippen LogP contribution in [-0.2, 0) is 9.59 Å². The van der Waals surface area contributed by atoms with Gasteiger partial charge in [-0.3, -0.25) is 4.79 Å². The van der Waals surface area contributed by atoms with E-state index in [9.17, 15) is 14.7 Å². The Bertz CT molecular complexity index is 520. The van der Waals surface area contributed by atoms with Crippen LogP contribution in [0.2, 0.25) is 0 Å². The van der Waals surface area contributed by atoms with Crippen LogP contribution < -0.4 is 10.0 Å². The highest BCUT2D eigenvalue weighted by atomic mass is 16.4. The van der Waals surface area contributed by atoms with Gasteiger partial charge in [-0.15, -0.1) is 0 Å². The molecule has 0 aromatic heterocycles. The Labute approximate surface area is 131 Å². The molecular formula is C17H23N2O3-. The highest BCUT2D eigenvalue weighted by Crippen LogP contribution is 2.26. The van der Waals surface area contributed by atoms with Crippen LogP contribution in [0.5, 0.6) is 0 Å². The Morgan fingerprint density at radius 3 is 2.18 bits per heavy atom. The number of amides is 1. The topological polar surface area (TPSA) is 63.7 Å². The summed E-state index contributed by atoms with van der Waals surface area (Å²) in [5.74, 6) is -1.08. The molecule has 5 heteroatoms. The van der Waals surface area contributed by atoms with E-state index in [1.807, 2.05) is 23.1 Å². The van der Waals surface area contributed by atoms with Gasteiger partial charge in [0, 0.05) is 44.3 Å². The molecule has 1 aliphatic rings. The van der Waals surface area contributed by atoms with Gasteiger partial charge in [-0.25, -0.2) is 0 Å². The molecule has 0 spiro atoms. The lowest BCUT2D eigenvalue weighted by atomic mass is 9.85. The first-order valence-electron chi connectivity index (χ1n) is 7.65. The molecule has 1 aromatic carbocycles. The summed E-state index contributed by atoms with van der Waals surface area (Å²) < 4.78 is 0. The summed E-state index contributed by atoms with van der Waals surface area (Å²) in [6.45, 7) is 6.54. The summed E-state index contributed by atoms with van der Waals surface area (Å²) in [6.07, 6.45) is 0.148. The number of carboxylic acids is 1. The zero-order valence-electron chi connectivity index (χ0n) is 13.2. The normalized spacial score (nSPS) is 15.7. The average molecular weight is 303 g/mol. The van der Waals surface area contributed by atoms with Crippen molar-refractivity contribution in [2.75, 3.05) is 31.1 Å². The zero-order valence-corrected chi connectivity index (χ0v) is 13.2. The maximum Gasteiger partial charge on any atom is 0.223 e. The van der Waals surface area contributed by atoms with Crippen molar-refractivity contribution >= 4 is 17.6 Å². The van der Waals surface area contributed by atoms with Crippen LogP contribution in [-0.4, -0.2) is 43.0 Å². The molecule has 1 saturated heterocycles. The molecule has 0 saturated carbocycles. The third-order valence-electron chi connectivity index (χ3n) is 4.01. The van der Waals surface area contributed by atoms with E-state index in [2.05, 4.69) is 17.0 Å². The third-order valence-corrected chi connectivity index (χ3v) is 4.01. The van der Waals surface area contributed by atoms with Gasteiger partial charge < -0.3 is 19.7 Å². The molecule has 1 aromatic rings. The van der Waals surface area contributed by atoms with Crippen LogP contribution in [0.1, 0.15) is 26.7 Å². The summed E-state index contributed by atoms with van der Waals surface area (Å²) in [7, 11) is 0. The van der Waals surface area contributed by atoms with E-state index in [0.29, 0.717) is 13.1 Å². The highest BCUT2D eigenvalue weighted by Gasteiger charge is 2.27. The van der Waals surface area contributed by atoms with Crippen LogP contribution in [0.25, 0.3) is 0 Å². The molecule has 22 heavy (non-hydrogen) atoms. The second-order valence-electron chi connectivity index (χ2n) is 6.59. The Balaban J connectivity index is 1.86. The Hall–Kier alpha value is -2.04. The van der Waals surface area contributed by atoms with Crippen molar-refractivity contribution in [2.45, 2.75) is 26.7 Å². The minimum Gasteiger partial charge on any atom is -0.550 e. The van der Waals surface area contributed by atoms with Crippen molar-refractivity contribution in [3.05, 3.63) is 30.3 Å². The van der Waals surface area contributed by atoms with E-state index in [1.165, 1.54) is 5.69 Å². The minimum atomic E-state index is -1.10. The first-order chi connectivity index (χ1) is 10.4. The van der Waals surface area contributed by atoms with E-state index in [1.54, 1.807) is 13.8 Å². The maximum atomic E-state index is 12.3. The number of piperazine rings is 1. The SMILES string of the molecule is CC(C)(CC(=O)[O-])CC(=O)N1CCN(c2ccccc2)CC1. The van der Waals surface area contributed by atoms with Gasteiger partial charge in [-0.1, -0.05) is 32.0 Å². The molecule has 0 radical (unpaired) electrons. The lowest BCUT2D eigenvalue weighted by molar-refractivity contribution is -0.307. The van der Waals surface area contributed by atoms with Gasteiger partial charge in [0.1, 0.15) is 0 Å². The number of carbonyl (C=O) groups excluding carboxylic acids is 2. The first kappa shape index (κ1) is 16.3. The molecule has 1 fully saturated rings. The highest BCUT2D eigenvalue weighted by molar-refractivity contribution is 5.78. The van der Waals surface area contributed by atoms with Gasteiger partial charge in [0.2, 0.25) is 5.91 Å². The molecule has 0 N–H and O–H groups in total. The predicted molar refractivity (Wildman–Crippen MR) is 83.3 cm³/mol. The summed E-state index contributed by atoms with van der Waals surface area (Å²) in [5, 5.41) is 10.7. The number of carbonyl (C=O) groups is 2. The largest absolute Gasteiger partial charge is 0.550 e. The van der Waals surface area contributed by atoms with Crippen LogP contribution in [0.3, 0.4) is 0 Å². The molecular weight excluding hydrogens is 280 g/mol. The van der Waals surface area contributed by atoms with Crippen LogP contribution in [0, 0.1) is 5.41 Å². The molecule has 1 heterocycles. The van der Waals surface area contributed by atoms with Crippen molar-refractivity contribution < 1.29 is 14.7 Å². The van der Waals surface area contributed by atoms with E-state index < -0.39 is 11.4 Å². The first-order valence-corrected chi connectivity index (χ1v) is 7.65. The molecule has 1 amide bonds. The van der Waals surface area contributed by atoms with E-state index in [4.69, 9.17) is 0 Å². The number of hydrogen-bond acceptors (Lipinski definition) is 4. The number of benzene rings is 1. The standard InChI is InChI=1S/C17H24N2O3/c1-17(2,13-16(21)22)12-15(20)19-10-8-18(9-11-19)14-6-4-3-5-7-14/h3-7H,8-13H2,1-2H3,(H,21,22)/p-1. The molecule has 0 aliphatic carbocycles. The number of carboxylic acid groups (broad SMARTS) is 1. The second-order valence-corrected chi connectivity index (χ2v) is 6.59. The number of nitrogens with zero attached hydrogens (tertiary/aromatic N) is 2. The number of anilines is 1. The fourth-order valence-corrected chi connectivity index (χ4v) is 2.83. The smallest absolute Gasteiger partial charge is 0.223 e. The lowest BCUT2D eigenvalue weighted by Gasteiger charge is -2.37. The predicted octanol–water partition coefficient (Wildman–Crippen LogP) is 0.892. The van der Waals surface area contributed by atoms with Gasteiger partial charge in [0.25, 0.3) is 0 Å². The monoisotopic (exact) mass is 303 g/mol. The summed E-state index contributed by atoms with van der Waals surface area (Å²) >= 11 is 0. The van der Waals surface area contributed by atoms with Crippen LogP contribution >= 0.6 is 0 Å². The molecule has 2 rings (SSSR count). The fraction of sp³-hybridized carbons (Fsp3) is 0.529. The molecule has 120 valence electrons. The van der Waals surface area contributed by atoms with Crippen LogP contribution in [0.15, 0.2) is 30.3 Å². The number of aliphatic carboxylic acids is 1. The Morgan fingerprint density at radius 1 is 1.05 bits per heavy atom. The van der Waals surface area contributed by atoms with E-state index in [-0.39, 0.29) is 18.7 Å². The second kappa shape index (κ2) is 6.81. The van der Waals surface area contributed by atoms with Gasteiger partial charge in [-0.05, 0) is 24.0 Å². The molecule has 0 bridgehead atoms.